The lowest BCUT2D eigenvalue weighted by atomic mass is 10.2. The van der Waals surface area contributed by atoms with Gasteiger partial charge in [-0.25, -0.2) is 0 Å². The fraction of sp³-hybridized carbons (Fsp3) is 0.750. The minimum absolute atomic E-state index is 0.122. The van der Waals surface area contributed by atoms with E-state index in [9.17, 15) is 0 Å². The number of aliphatic hydroxyl groups excluding tert-OH is 1. The fourth-order valence-corrected chi connectivity index (χ4v) is 1.78. The molecule has 2 N–H and O–H groups in total. The zero-order chi connectivity index (χ0) is 12.5. The van der Waals surface area contributed by atoms with Crippen molar-refractivity contribution in [2.24, 2.45) is 0 Å². The zero-order valence-electron chi connectivity index (χ0n) is 10.7. The highest BCUT2D eigenvalue weighted by Gasteiger charge is 2.07. The van der Waals surface area contributed by atoms with Gasteiger partial charge in [-0.2, -0.15) is 5.10 Å². The van der Waals surface area contributed by atoms with E-state index >= 15 is 0 Å². The first-order valence-electron chi connectivity index (χ1n) is 6.14. The maximum Gasteiger partial charge on any atom is 0.0640 e. The molecule has 1 atom stereocenters. The zero-order valence-corrected chi connectivity index (χ0v) is 10.7. The van der Waals surface area contributed by atoms with Crippen molar-refractivity contribution in [3.8, 4) is 0 Å². The van der Waals surface area contributed by atoms with E-state index < -0.39 is 0 Å². The van der Waals surface area contributed by atoms with E-state index in [0.717, 1.165) is 31.6 Å². The molecule has 17 heavy (non-hydrogen) atoms. The summed E-state index contributed by atoms with van der Waals surface area (Å²) < 4.78 is 6.92. The Bertz CT molecular complexity index is 296. The molecule has 1 rings (SSSR count). The first-order valence-corrected chi connectivity index (χ1v) is 6.14. The molecular weight excluding hydrogens is 218 g/mol. The molecule has 5 nitrogen and oxygen atoms in total. The normalized spacial score (nSPS) is 12.9. The van der Waals surface area contributed by atoms with Crippen molar-refractivity contribution in [3.05, 3.63) is 18.0 Å². The lowest BCUT2D eigenvalue weighted by Gasteiger charge is -2.16. The van der Waals surface area contributed by atoms with Crippen LogP contribution >= 0.6 is 0 Å². The van der Waals surface area contributed by atoms with Gasteiger partial charge in [0.1, 0.15) is 0 Å². The second-order valence-electron chi connectivity index (χ2n) is 4.16. The Morgan fingerprint density at radius 2 is 2.41 bits per heavy atom. The average molecular weight is 241 g/mol. The van der Waals surface area contributed by atoms with Crippen LogP contribution in [0.3, 0.4) is 0 Å². The summed E-state index contributed by atoms with van der Waals surface area (Å²) in [4.78, 5) is 0. The standard InChI is InChI=1S/C12H23N3O2/c1-3-4-12(10-17-2)13-7-11-8-14-15(9-11)5-6-16/h8-9,12-13,16H,3-7,10H2,1-2H3. The predicted molar refractivity (Wildman–Crippen MR) is 66.7 cm³/mol. The van der Waals surface area contributed by atoms with Crippen molar-refractivity contribution < 1.29 is 9.84 Å². The Morgan fingerprint density at radius 3 is 3.06 bits per heavy atom. The van der Waals surface area contributed by atoms with Crippen LogP contribution in [-0.2, 0) is 17.8 Å². The number of nitrogens with one attached hydrogen (secondary N) is 1. The van der Waals surface area contributed by atoms with Gasteiger partial charge in [-0.05, 0) is 6.42 Å². The van der Waals surface area contributed by atoms with Gasteiger partial charge in [-0.15, -0.1) is 0 Å². The molecule has 0 saturated carbocycles. The van der Waals surface area contributed by atoms with Gasteiger partial charge >= 0.3 is 0 Å². The van der Waals surface area contributed by atoms with E-state index in [1.807, 2.05) is 12.4 Å². The van der Waals surface area contributed by atoms with Crippen molar-refractivity contribution in [1.29, 1.82) is 0 Å². The first kappa shape index (κ1) is 14.2. The van der Waals surface area contributed by atoms with Crippen molar-refractivity contribution in [2.75, 3.05) is 20.3 Å². The third-order valence-corrected chi connectivity index (χ3v) is 2.62. The van der Waals surface area contributed by atoms with Crippen LogP contribution in [0.15, 0.2) is 12.4 Å². The third kappa shape index (κ3) is 5.30. The number of rotatable bonds is 9. The predicted octanol–water partition coefficient (Wildman–Crippen LogP) is 0.780. The third-order valence-electron chi connectivity index (χ3n) is 2.62. The minimum Gasteiger partial charge on any atom is -0.394 e. The van der Waals surface area contributed by atoms with Gasteiger partial charge in [0.15, 0.2) is 0 Å². The molecule has 0 bridgehead atoms. The highest BCUT2D eigenvalue weighted by molar-refractivity contribution is 5.03. The molecule has 0 aromatic carbocycles. The SMILES string of the molecule is CCCC(COC)NCc1cnn(CCO)c1. The van der Waals surface area contributed by atoms with Crippen LogP contribution in [0.2, 0.25) is 0 Å². The van der Waals surface area contributed by atoms with E-state index in [1.54, 1.807) is 11.8 Å². The Hall–Kier alpha value is -0.910. The molecule has 0 fully saturated rings. The van der Waals surface area contributed by atoms with E-state index in [1.165, 1.54) is 0 Å². The maximum atomic E-state index is 8.79. The van der Waals surface area contributed by atoms with Crippen LogP contribution in [0.25, 0.3) is 0 Å². The lowest BCUT2D eigenvalue weighted by molar-refractivity contribution is 0.161. The summed E-state index contributed by atoms with van der Waals surface area (Å²) in [6.45, 7) is 4.37. The van der Waals surface area contributed by atoms with Gasteiger partial charge in [0.25, 0.3) is 0 Å². The molecular formula is C12H23N3O2. The molecule has 1 heterocycles. The van der Waals surface area contributed by atoms with E-state index in [4.69, 9.17) is 9.84 Å². The number of ether oxygens (including phenoxy) is 1. The summed E-state index contributed by atoms with van der Waals surface area (Å²) in [7, 11) is 1.73. The molecule has 1 aromatic rings. The number of hydrogen-bond acceptors (Lipinski definition) is 4. The van der Waals surface area contributed by atoms with Crippen LogP contribution in [0.4, 0.5) is 0 Å². The number of aliphatic hydroxyl groups is 1. The maximum absolute atomic E-state index is 8.79. The summed E-state index contributed by atoms with van der Waals surface area (Å²) in [5.41, 5.74) is 1.13. The largest absolute Gasteiger partial charge is 0.394 e. The van der Waals surface area contributed by atoms with Crippen LogP contribution in [-0.4, -0.2) is 41.3 Å². The van der Waals surface area contributed by atoms with Gasteiger partial charge in [-0.1, -0.05) is 13.3 Å². The quantitative estimate of drug-likeness (QED) is 0.671. The summed E-state index contributed by atoms with van der Waals surface area (Å²) in [5, 5.41) is 16.4. The monoisotopic (exact) mass is 241 g/mol. The van der Waals surface area contributed by atoms with Crippen LogP contribution in [0.1, 0.15) is 25.3 Å². The average Bonchev–Trinajstić information content (AvgIpc) is 2.75. The van der Waals surface area contributed by atoms with Gasteiger partial charge < -0.3 is 15.2 Å². The molecule has 0 radical (unpaired) electrons. The fourth-order valence-electron chi connectivity index (χ4n) is 1.78. The molecule has 0 spiro atoms. The number of hydrogen-bond donors (Lipinski definition) is 2. The van der Waals surface area contributed by atoms with Gasteiger partial charge in [0.2, 0.25) is 0 Å². The molecule has 0 aliphatic carbocycles. The Labute approximate surface area is 103 Å². The van der Waals surface area contributed by atoms with Crippen LogP contribution < -0.4 is 5.32 Å². The Kier molecular flexibility index (Phi) is 6.84. The molecule has 5 heteroatoms. The molecule has 0 aliphatic heterocycles. The van der Waals surface area contributed by atoms with Gasteiger partial charge in [-0.3, -0.25) is 4.68 Å². The Balaban J connectivity index is 2.35. The van der Waals surface area contributed by atoms with Crippen LogP contribution in [0.5, 0.6) is 0 Å². The highest BCUT2D eigenvalue weighted by atomic mass is 16.5. The molecule has 1 aromatic heterocycles. The van der Waals surface area contributed by atoms with Crippen LogP contribution in [0, 0.1) is 0 Å². The number of nitrogens with zero attached hydrogens (tertiary/aromatic N) is 2. The van der Waals surface area contributed by atoms with E-state index in [2.05, 4.69) is 17.3 Å². The highest BCUT2D eigenvalue weighted by Crippen LogP contribution is 2.01. The van der Waals surface area contributed by atoms with Crippen molar-refractivity contribution in [2.45, 2.75) is 38.9 Å². The molecule has 98 valence electrons. The van der Waals surface area contributed by atoms with Gasteiger partial charge in [0, 0.05) is 31.5 Å². The summed E-state index contributed by atoms with van der Waals surface area (Å²) in [5.74, 6) is 0. The van der Waals surface area contributed by atoms with Crippen molar-refractivity contribution in [1.82, 2.24) is 15.1 Å². The van der Waals surface area contributed by atoms with Gasteiger partial charge in [0.05, 0.1) is 26.0 Å². The topological polar surface area (TPSA) is 59.3 Å². The van der Waals surface area contributed by atoms with Crippen molar-refractivity contribution in [3.63, 3.8) is 0 Å². The van der Waals surface area contributed by atoms with E-state index in [0.29, 0.717) is 12.6 Å². The molecule has 0 aliphatic rings. The summed E-state index contributed by atoms with van der Waals surface area (Å²) >= 11 is 0. The van der Waals surface area contributed by atoms with E-state index in [-0.39, 0.29) is 6.61 Å². The molecule has 0 amide bonds. The lowest BCUT2D eigenvalue weighted by Crippen LogP contribution is -2.32. The second-order valence-corrected chi connectivity index (χ2v) is 4.16. The smallest absolute Gasteiger partial charge is 0.0640 e. The first-order chi connectivity index (χ1) is 8.30. The summed E-state index contributed by atoms with van der Waals surface area (Å²) in [6, 6.07) is 0.395. The Morgan fingerprint density at radius 1 is 1.59 bits per heavy atom. The summed E-state index contributed by atoms with van der Waals surface area (Å²) in [6.07, 6.45) is 6.04. The second kappa shape index (κ2) is 8.22. The molecule has 1 unspecified atom stereocenters. The van der Waals surface area contributed by atoms with Crippen molar-refractivity contribution >= 4 is 0 Å². The number of methoxy groups -OCH3 is 1. The minimum atomic E-state index is 0.122. The number of aromatic nitrogens is 2. The molecule has 0 saturated heterocycles.